The first-order valence-corrected chi connectivity index (χ1v) is 34.0. The fourth-order valence-corrected chi connectivity index (χ4v) is 13.5. The van der Waals surface area contributed by atoms with Crippen molar-refractivity contribution in [2.75, 3.05) is 13.2 Å². The van der Waals surface area contributed by atoms with Crippen LogP contribution in [0.2, 0.25) is 10.0 Å². The van der Waals surface area contributed by atoms with Gasteiger partial charge in [-0.1, -0.05) is 125 Å². The van der Waals surface area contributed by atoms with E-state index in [4.69, 9.17) is 54.1 Å². The van der Waals surface area contributed by atoms with E-state index in [1.54, 1.807) is 59.5 Å². The second kappa shape index (κ2) is 28.5. The van der Waals surface area contributed by atoms with Crippen molar-refractivity contribution in [3.8, 4) is 33.9 Å². The van der Waals surface area contributed by atoms with Crippen LogP contribution in [0, 0.1) is 21.7 Å². The van der Waals surface area contributed by atoms with E-state index in [1.807, 2.05) is 62.3 Å². The molecule has 0 radical (unpaired) electrons. The molecule has 564 valence electrons. The van der Waals surface area contributed by atoms with Crippen LogP contribution in [-0.2, 0) is 45.3 Å². The predicted octanol–water partition coefficient (Wildman–Crippen LogP) is 14.1. The molecule has 4 atom stereocenters. The summed E-state index contributed by atoms with van der Waals surface area (Å²) < 4.78 is 150. The third-order valence-corrected chi connectivity index (χ3v) is 19.3. The Kier molecular flexibility index (Phi) is 20.7. The van der Waals surface area contributed by atoms with Crippen molar-refractivity contribution in [2.45, 2.75) is 168 Å². The van der Waals surface area contributed by atoms with Crippen molar-refractivity contribution in [1.82, 2.24) is 69.7 Å². The Bertz CT molecular complexity index is 4650. The van der Waals surface area contributed by atoms with Gasteiger partial charge in [-0.25, -0.2) is 46.9 Å². The highest BCUT2D eigenvalue weighted by atomic mass is 35.5. The predicted molar refractivity (Wildman–Crippen MR) is 365 cm³/mol. The van der Waals surface area contributed by atoms with E-state index in [9.17, 15) is 58.3 Å². The molecule has 0 saturated heterocycles. The molecule has 4 aromatic heterocycles. The van der Waals surface area contributed by atoms with Crippen LogP contribution in [0.15, 0.2) is 120 Å². The number of carbonyl (C=O) groups is 4. The minimum absolute atomic E-state index is 0.00756. The summed E-state index contributed by atoms with van der Waals surface area (Å²) >= 11 is 12.9. The van der Waals surface area contributed by atoms with E-state index < -0.39 is 131 Å². The highest BCUT2D eigenvalue weighted by Gasteiger charge is 2.65. The molecule has 2 amide bonds. The minimum atomic E-state index is -4.61. The number of esters is 2. The number of guanidine groups is 2. The van der Waals surface area contributed by atoms with Crippen molar-refractivity contribution in [3.63, 3.8) is 0 Å². The van der Waals surface area contributed by atoms with Crippen LogP contribution in [-0.4, -0.2) is 131 Å². The van der Waals surface area contributed by atoms with Gasteiger partial charge < -0.3 is 20.9 Å². The third-order valence-electron chi connectivity index (χ3n) is 18.7. The number of aliphatic imine (C=N–C) groups is 2. The molecule has 2 saturated carbocycles. The van der Waals surface area contributed by atoms with Crippen LogP contribution in [0.25, 0.3) is 33.9 Å². The summed E-state index contributed by atoms with van der Waals surface area (Å²) in [6, 6.07) is 19.8. The molecule has 0 bridgehead atoms. The van der Waals surface area contributed by atoms with Crippen molar-refractivity contribution in [1.29, 1.82) is 0 Å². The fraction of sp³-hybridized carbons (Fsp3) is 0.457. The normalized spacial score (nSPS) is 19.3. The number of ether oxygens (including phenoxy) is 2. The van der Waals surface area contributed by atoms with E-state index in [0.29, 0.717) is 28.1 Å². The van der Waals surface area contributed by atoms with Gasteiger partial charge in [0, 0.05) is 11.1 Å². The SMILES string of the molecule is CC(C)(C)C[C@]1(c2ccc(-c3cn[nH]n3)cc2)N=C(N)N([C@H](COC(=O)CC2(C(F)(F)F)CC2)c2ccc(Cl)c(-n3ncnc3C(F)F)c2)C1=O.CC(C)(C)C[C@]1(c2ccc(-c3cnn(C(C)(C)C)n3)cc2)N=C(N)N([C@H](COC(=O)CC2(C(F)(F)F)CC2)c2ccc(Cl)c(-n3ncnc3C(F)F)c2)C1=O. The maximum Gasteiger partial charge on any atom is 0.395 e. The van der Waals surface area contributed by atoms with Gasteiger partial charge in [0.25, 0.3) is 24.7 Å². The number of hydrogen-bond donors (Lipinski definition) is 3. The Balaban J connectivity index is 0.000000212. The van der Waals surface area contributed by atoms with Crippen molar-refractivity contribution < 1.29 is 72.6 Å². The molecule has 12 rings (SSSR count). The Morgan fingerprint density at radius 3 is 1.29 bits per heavy atom. The fourth-order valence-electron chi connectivity index (χ4n) is 13.1. The van der Waals surface area contributed by atoms with E-state index in [-0.39, 0.29) is 88.5 Å². The summed E-state index contributed by atoms with van der Waals surface area (Å²) in [4.78, 5) is 76.3. The first-order chi connectivity index (χ1) is 49.5. The van der Waals surface area contributed by atoms with Gasteiger partial charge in [-0.05, 0) is 117 Å². The van der Waals surface area contributed by atoms with Crippen LogP contribution < -0.4 is 11.5 Å². The van der Waals surface area contributed by atoms with Gasteiger partial charge in [-0.15, -0.1) is 0 Å². The summed E-state index contributed by atoms with van der Waals surface area (Å²) in [5.74, 6) is -5.42. The highest BCUT2D eigenvalue weighted by Crippen LogP contribution is 2.61. The number of aromatic nitrogens is 12. The van der Waals surface area contributed by atoms with Gasteiger partial charge in [0.15, 0.2) is 34.6 Å². The molecule has 106 heavy (non-hydrogen) atoms. The van der Waals surface area contributed by atoms with Gasteiger partial charge in [-0.2, -0.15) is 66.9 Å². The molecule has 8 aromatic rings. The number of hydrogen-bond acceptors (Lipinski definition) is 18. The van der Waals surface area contributed by atoms with E-state index in [1.165, 1.54) is 42.6 Å². The monoisotopic (exact) mass is 1520 g/mol. The molecule has 2 aliphatic carbocycles. The second-order valence-electron chi connectivity index (χ2n) is 30.1. The number of halogens is 12. The lowest BCUT2D eigenvalue weighted by atomic mass is 9.75. The van der Waals surface area contributed by atoms with Crippen molar-refractivity contribution in [3.05, 3.63) is 154 Å². The second-order valence-corrected chi connectivity index (χ2v) is 30.9. The lowest BCUT2D eigenvalue weighted by Crippen LogP contribution is -2.47. The number of aromatic amines is 1. The van der Waals surface area contributed by atoms with Gasteiger partial charge in [0.1, 0.15) is 37.3 Å². The number of nitrogens with two attached hydrogens (primary N) is 2. The maximum atomic E-state index is 15.0. The van der Waals surface area contributed by atoms with Gasteiger partial charge in [0.2, 0.25) is 0 Å². The number of carbonyl (C=O) groups excluding carboxylic acids is 4. The molecule has 4 aromatic carbocycles. The average Bonchev–Trinajstić information content (AvgIpc) is 1.56. The van der Waals surface area contributed by atoms with Crippen LogP contribution in [0.1, 0.15) is 173 Å². The van der Waals surface area contributed by atoms with Crippen LogP contribution in [0.4, 0.5) is 43.9 Å². The summed E-state index contributed by atoms with van der Waals surface area (Å²) in [7, 11) is 0. The van der Waals surface area contributed by atoms with Gasteiger partial charge in [0.05, 0.1) is 75.1 Å². The summed E-state index contributed by atoms with van der Waals surface area (Å²) in [5, 5.41) is 27.2. The van der Waals surface area contributed by atoms with Crippen molar-refractivity contribution in [2.24, 2.45) is 43.1 Å². The van der Waals surface area contributed by atoms with Crippen molar-refractivity contribution >= 4 is 58.9 Å². The summed E-state index contributed by atoms with van der Waals surface area (Å²) in [6.07, 6.45) is -12.6. The van der Waals surface area contributed by atoms with Crippen LogP contribution in [0.5, 0.6) is 0 Å². The van der Waals surface area contributed by atoms with E-state index in [0.717, 1.165) is 37.4 Å². The highest BCUT2D eigenvalue weighted by molar-refractivity contribution is 6.32. The lowest BCUT2D eigenvalue weighted by molar-refractivity contribution is -0.195. The zero-order valence-corrected chi connectivity index (χ0v) is 60.1. The quantitative estimate of drug-likeness (QED) is 0.0419. The van der Waals surface area contributed by atoms with Gasteiger partial charge in [-0.3, -0.25) is 29.0 Å². The number of rotatable bonds is 22. The third kappa shape index (κ3) is 15.7. The smallest absolute Gasteiger partial charge is 0.395 e. The molecule has 6 heterocycles. The first kappa shape index (κ1) is 77.2. The summed E-state index contributed by atoms with van der Waals surface area (Å²) in [6.45, 7) is 16.1. The summed E-state index contributed by atoms with van der Waals surface area (Å²) in [5.41, 5.74) is 8.14. The van der Waals surface area contributed by atoms with E-state index >= 15 is 4.79 Å². The largest absolute Gasteiger partial charge is 0.463 e. The Hall–Kier alpha value is -9.86. The van der Waals surface area contributed by atoms with Gasteiger partial charge >= 0.3 is 24.3 Å². The number of benzene rings is 4. The number of nitrogens with zero attached hydrogens (tertiary/aromatic N) is 15. The first-order valence-electron chi connectivity index (χ1n) is 33.3. The molecule has 24 nitrogen and oxygen atoms in total. The zero-order chi connectivity index (χ0) is 77.2. The molecule has 36 heteroatoms. The Morgan fingerprint density at radius 2 is 0.962 bits per heavy atom. The number of amides is 2. The topological polar surface area (TPSA) is 304 Å². The van der Waals surface area contributed by atoms with E-state index in [2.05, 4.69) is 45.8 Å². The molecule has 5 N–H and O–H groups in total. The number of alkyl halides is 10. The lowest BCUT2D eigenvalue weighted by Gasteiger charge is -2.35. The average molecular weight is 1520 g/mol. The molecular weight excluding hydrogens is 1450 g/mol. The maximum absolute atomic E-state index is 15.0. The Labute approximate surface area is 610 Å². The number of nitrogens with one attached hydrogen (secondary N) is 1. The number of H-pyrrole nitrogens is 1. The molecular formula is C70H74Cl2F10N18O6. The molecule has 4 aliphatic rings. The van der Waals surface area contributed by atoms with Crippen LogP contribution in [0.3, 0.4) is 0 Å². The Morgan fingerprint density at radius 1 is 0.566 bits per heavy atom. The molecule has 0 unspecified atom stereocenters. The zero-order valence-electron chi connectivity index (χ0n) is 58.6. The molecule has 2 aliphatic heterocycles. The molecule has 0 spiro atoms. The molecule has 2 fully saturated rings. The standard InChI is InChI=1S/C37H41ClF5N9O3.C33H33ClF5N9O3/c1-33(2,3)19-36(23-10-7-21(8-11-23)25-17-46-52(49-25)34(4,5)6)31(54)50(32(44)48-36)27(18-55-28(53)16-35(13-14-35)37(41,42)43)22-9-12-24(38)26(15-22)51-30(29(39)40)45-20-47-51;1-30(2,3)16-32(20-7-4-18(5-8-20)22-14-42-46-45-22)28(50)47(29(40)44-32)24(15-51-25(49)13-31(10-11-31)33(37,38)39)19-6-9-21(34)23(12-19)48-27(26(35)36)41-17-43-48/h7-12,15,17,20,27,29H,13-14,16,18-19H2,1-6H3,(H2,44,48);4-9,12,14,17,24,26H,10-11,13,15-16H2,1-3H3,(H2,40,44)(H,42,45,46)/t27-,36-;24-,32-/m11/s1. The minimum Gasteiger partial charge on any atom is -0.463 e. The van der Waals surface area contributed by atoms with Crippen LogP contribution >= 0.6 is 23.2 Å².